The molecule has 5 aromatic rings. The van der Waals surface area contributed by atoms with E-state index in [0.717, 1.165) is 64.3 Å². The molecule has 8 heteroatoms. The van der Waals surface area contributed by atoms with Gasteiger partial charge in [-0.1, -0.05) is 54.1 Å². The summed E-state index contributed by atoms with van der Waals surface area (Å²) in [6.07, 6.45) is 4.96. The number of hydrazone groups is 1. The topological polar surface area (TPSA) is 70.4 Å². The van der Waals surface area contributed by atoms with Crippen LogP contribution in [0.2, 0.25) is 5.02 Å². The third kappa shape index (κ3) is 6.07. The first kappa shape index (κ1) is 24.7. The maximum atomic E-state index is 6.06. The molecule has 0 aliphatic heterocycles. The summed E-state index contributed by atoms with van der Waals surface area (Å²) in [6, 6.07) is 24.3. The Hall–Kier alpha value is -3.94. The lowest BCUT2D eigenvalue weighted by atomic mass is 10.2. The van der Waals surface area contributed by atoms with Crippen LogP contribution in [0.15, 0.2) is 84.1 Å². The molecular weight excluding hydrogens is 482 g/mol. The summed E-state index contributed by atoms with van der Waals surface area (Å²) >= 11 is 6.06. The predicted molar refractivity (Wildman–Crippen MR) is 155 cm³/mol. The summed E-state index contributed by atoms with van der Waals surface area (Å²) in [5, 5.41) is 10.8. The average Bonchev–Trinajstić information content (AvgIpc) is 3.25. The number of hydrogen-bond donors (Lipinski definition) is 2. The molecule has 2 heterocycles. The number of anilines is 2. The molecule has 0 saturated heterocycles. The van der Waals surface area contributed by atoms with Gasteiger partial charge in [0.25, 0.3) is 0 Å². The molecule has 0 atom stereocenters. The van der Waals surface area contributed by atoms with E-state index in [2.05, 4.69) is 80.9 Å². The molecule has 2 aromatic heterocycles. The first-order chi connectivity index (χ1) is 18.1. The van der Waals surface area contributed by atoms with Gasteiger partial charge in [-0.15, -0.1) is 0 Å². The average molecular weight is 512 g/mol. The Morgan fingerprint density at radius 1 is 0.946 bits per heavy atom. The van der Waals surface area contributed by atoms with Crippen molar-refractivity contribution in [2.24, 2.45) is 5.10 Å². The number of rotatable bonds is 10. The molecule has 0 unspecified atom stereocenters. The Labute approximate surface area is 221 Å². The summed E-state index contributed by atoms with van der Waals surface area (Å²) < 4.78 is 2.22. The monoisotopic (exact) mass is 511 g/mol. The minimum Gasteiger partial charge on any atom is -0.369 e. The van der Waals surface area contributed by atoms with Gasteiger partial charge in [-0.3, -0.25) is 0 Å². The van der Waals surface area contributed by atoms with Crippen LogP contribution in [0.4, 0.5) is 11.8 Å². The van der Waals surface area contributed by atoms with Crippen LogP contribution in [0.5, 0.6) is 0 Å². The lowest BCUT2D eigenvalue weighted by molar-refractivity contribution is 0.405. The first-order valence-electron chi connectivity index (χ1n) is 12.3. The van der Waals surface area contributed by atoms with Crippen molar-refractivity contribution < 1.29 is 0 Å². The fourth-order valence-corrected chi connectivity index (χ4v) is 4.44. The van der Waals surface area contributed by atoms with Crippen LogP contribution in [-0.2, 0) is 6.54 Å². The quantitative estimate of drug-likeness (QED) is 0.135. The van der Waals surface area contributed by atoms with Crippen molar-refractivity contribution in [3.63, 3.8) is 0 Å². The summed E-state index contributed by atoms with van der Waals surface area (Å²) in [4.78, 5) is 11.5. The van der Waals surface area contributed by atoms with Gasteiger partial charge in [-0.25, -0.2) is 10.4 Å². The van der Waals surface area contributed by atoms with Gasteiger partial charge in [-0.2, -0.15) is 10.1 Å². The van der Waals surface area contributed by atoms with Gasteiger partial charge in [0.05, 0.1) is 11.7 Å². The number of hydrogen-bond acceptors (Lipinski definition) is 6. The Bertz CT molecular complexity index is 1520. The molecule has 7 nitrogen and oxygen atoms in total. The third-order valence-corrected chi connectivity index (χ3v) is 6.38. The van der Waals surface area contributed by atoms with E-state index < -0.39 is 0 Å². The molecule has 0 aliphatic carbocycles. The van der Waals surface area contributed by atoms with E-state index in [4.69, 9.17) is 16.6 Å². The van der Waals surface area contributed by atoms with Crippen molar-refractivity contribution in [2.45, 2.75) is 13.0 Å². The second-order valence-corrected chi connectivity index (χ2v) is 9.66. The van der Waals surface area contributed by atoms with Crippen LogP contribution in [0, 0.1) is 0 Å². The fraction of sp³-hybridized carbons (Fsp3) is 0.207. The van der Waals surface area contributed by atoms with Gasteiger partial charge in [0.2, 0.25) is 5.95 Å². The SMILES string of the molecule is CN(C)CCCNc1nc(N/N=C/c2cn(Cc3ccc(Cl)cc3)c3ccccc23)nc2ccccc12. The normalized spacial score (nSPS) is 11.7. The second kappa shape index (κ2) is 11.4. The van der Waals surface area contributed by atoms with E-state index in [1.165, 1.54) is 5.56 Å². The van der Waals surface area contributed by atoms with Crippen LogP contribution in [0.25, 0.3) is 21.8 Å². The highest BCUT2D eigenvalue weighted by Crippen LogP contribution is 2.23. The van der Waals surface area contributed by atoms with E-state index in [9.17, 15) is 0 Å². The Morgan fingerprint density at radius 3 is 2.51 bits per heavy atom. The Kier molecular flexibility index (Phi) is 7.63. The number of benzene rings is 3. The Balaban J connectivity index is 1.36. The number of fused-ring (bicyclic) bond motifs is 2. The number of aromatic nitrogens is 3. The molecule has 3 aromatic carbocycles. The molecule has 0 fully saturated rings. The van der Waals surface area contributed by atoms with E-state index >= 15 is 0 Å². The van der Waals surface area contributed by atoms with Crippen molar-refractivity contribution in [1.82, 2.24) is 19.4 Å². The summed E-state index contributed by atoms with van der Waals surface area (Å²) in [5.74, 6) is 1.26. The minimum atomic E-state index is 0.454. The third-order valence-electron chi connectivity index (χ3n) is 6.13. The molecule has 0 aliphatic rings. The maximum Gasteiger partial charge on any atom is 0.246 e. The highest BCUT2D eigenvalue weighted by Gasteiger charge is 2.09. The van der Waals surface area contributed by atoms with Gasteiger partial charge in [0.15, 0.2) is 0 Å². The zero-order valence-electron chi connectivity index (χ0n) is 21.0. The number of para-hydroxylation sites is 2. The fourth-order valence-electron chi connectivity index (χ4n) is 4.32. The van der Waals surface area contributed by atoms with E-state index in [1.807, 2.05) is 48.7 Å². The van der Waals surface area contributed by atoms with Crippen molar-refractivity contribution in [3.05, 3.63) is 95.1 Å². The molecule has 2 N–H and O–H groups in total. The van der Waals surface area contributed by atoms with Gasteiger partial charge in [0, 0.05) is 46.2 Å². The van der Waals surface area contributed by atoms with Crippen molar-refractivity contribution >= 4 is 51.4 Å². The number of halogens is 1. The highest BCUT2D eigenvalue weighted by atomic mass is 35.5. The molecule has 0 amide bonds. The molecule has 37 heavy (non-hydrogen) atoms. The molecule has 0 spiro atoms. The van der Waals surface area contributed by atoms with Crippen molar-refractivity contribution in [3.8, 4) is 0 Å². The Morgan fingerprint density at radius 2 is 1.70 bits per heavy atom. The smallest absolute Gasteiger partial charge is 0.246 e. The largest absolute Gasteiger partial charge is 0.369 e. The van der Waals surface area contributed by atoms with Gasteiger partial charge < -0.3 is 14.8 Å². The summed E-state index contributed by atoms with van der Waals surface area (Å²) in [5.41, 5.74) is 7.24. The van der Waals surface area contributed by atoms with Crippen LogP contribution >= 0.6 is 11.6 Å². The maximum absolute atomic E-state index is 6.06. The van der Waals surface area contributed by atoms with E-state index in [0.29, 0.717) is 5.95 Å². The molecule has 0 radical (unpaired) electrons. The number of nitrogens with one attached hydrogen (secondary N) is 2. The molecule has 188 valence electrons. The molecular formula is C29H30ClN7. The molecule has 0 bridgehead atoms. The predicted octanol–water partition coefficient (Wildman–Crippen LogP) is 6.10. The van der Waals surface area contributed by atoms with E-state index in [1.54, 1.807) is 0 Å². The van der Waals surface area contributed by atoms with Gasteiger partial charge >= 0.3 is 0 Å². The van der Waals surface area contributed by atoms with Gasteiger partial charge in [0.1, 0.15) is 5.82 Å². The lowest BCUT2D eigenvalue weighted by Crippen LogP contribution is -2.17. The van der Waals surface area contributed by atoms with Crippen LogP contribution in [-0.4, -0.2) is 52.8 Å². The minimum absolute atomic E-state index is 0.454. The van der Waals surface area contributed by atoms with Crippen molar-refractivity contribution in [2.75, 3.05) is 37.9 Å². The summed E-state index contributed by atoms with van der Waals surface area (Å²) in [7, 11) is 4.16. The van der Waals surface area contributed by atoms with Gasteiger partial charge in [-0.05, 0) is 63.0 Å². The summed E-state index contributed by atoms with van der Waals surface area (Å²) in [6.45, 7) is 2.58. The van der Waals surface area contributed by atoms with Crippen LogP contribution < -0.4 is 10.7 Å². The zero-order chi connectivity index (χ0) is 25.6. The number of nitrogens with zero attached hydrogens (tertiary/aromatic N) is 5. The van der Waals surface area contributed by atoms with Crippen LogP contribution in [0.1, 0.15) is 17.5 Å². The lowest BCUT2D eigenvalue weighted by Gasteiger charge is -2.12. The van der Waals surface area contributed by atoms with Crippen LogP contribution in [0.3, 0.4) is 0 Å². The standard InChI is InChI=1S/C29H30ClN7/c1-36(2)17-7-16-31-28-25-9-3-5-10-26(25)33-29(34-28)35-32-18-22-20-37(27-11-6-4-8-24(22)27)19-21-12-14-23(30)15-13-21/h3-6,8-15,18,20H,7,16-17,19H2,1-2H3,(H2,31,33,34,35)/b32-18+. The molecule has 0 saturated carbocycles. The van der Waals surface area contributed by atoms with E-state index in [-0.39, 0.29) is 0 Å². The highest BCUT2D eigenvalue weighted by molar-refractivity contribution is 6.30. The second-order valence-electron chi connectivity index (χ2n) is 9.22. The molecule has 5 rings (SSSR count). The van der Waals surface area contributed by atoms with Crippen molar-refractivity contribution in [1.29, 1.82) is 0 Å². The first-order valence-corrected chi connectivity index (χ1v) is 12.7. The zero-order valence-corrected chi connectivity index (χ0v) is 21.8.